The summed E-state index contributed by atoms with van der Waals surface area (Å²) in [5, 5.41) is 8.69. The maximum absolute atomic E-state index is 12.3. The number of carbonyl (C=O) groups is 5. The Hall–Kier alpha value is -2.69. The fraction of sp³-hybridized carbons (Fsp3) is 0.722. The molecule has 4 amide bonds. The zero-order chi connectivity index (χ0) is 22.9. The van der Waals surface area contributed by atoms with E-state index in [1.165, 1.54) is 38.0 Å². The molecule has 0 spiro atoms. The lowest BCUT2D eigenvalue weighted by molar-refractivity contribution is -0.146. The van der Waals surface area contributed by atoms with Crippen molar-refractivity contribution in [1.29, 1.82) is 0 Å². The van der Waals surface area contributed by atoms with Crippen LogP contribution in [0.4, 0.5) is 0 Å². The smallest absolute Gasteiger partial charge is 0.323 e. The number of hydrogen-bond donors (Lipinski definition) is 1. The average Bonchev–Trinajstić information content (AvgIpc) is 2.60. The second-order valence-corrected chi connectivity index (χ2v) is 7.40. The molecule has 1 N–H and O–H groups in total. The molecule has 11 nitrogen and oxygen atoms in total. The van der Waals surface area contributed by atoms with Gasteiger partial charge in [0.2, 0.25) is 23.6 Å². The molecule has 0 aromatic rings. The van der Waals surface area contributed by atoms with Gasteiger partial charge in [-0.2, -0.15) is 0 Å². The van der Waals surface area contributed by atoms with E-state index in [9.17, 15) is 24.0 Å². The Bertz CT molecular complexity index is 624. The summed E-state index contributed by atoms with van der Waals surface area (Å²) in [7, 11) is 7.49. The third-order valence-electron chi connectivity index (χ3n) is 4.46. The van der Waals surface area contributed by atoms with Crippen LogP contribution in [-0.2, 0) is 24.0 Å². The Labute approximate surface area is 171 Å². The van der Waals surface area contributed by atoms with Crippen LogP contribution in [0.25, 0.3) is 0 Å². The highest BCUT2D eigenvalue weighted by molar-refractivity contribution is 5.90. The molecule has 0 aromatic heterocycles. The molecule has 0 atom stereocenters. The summed E-state index contributed by atoms with van der Waals surface area (Å²) in [6.07, 6.45) is 0. The highest BCUT2D eigenvalue weighted by Gasteiger charge is 2.22. The minimum absolute atomic E-state index is 0.168. The first-order chi connectivity index (χ1) is 13.3. The van der Waals surface area contributed by atoms with Gasteiger partial charge in [-0.3, -0.25) is 28.9 Å². The Morgan fingerprint density at radius 3 is 1.14 bits per heavy atom. The normalized spacial score (nSPS) is 10.7. The van der Waals surface area contributed by atoms with E-state index in [1.54, 1.807) is 0 Å². The van der Waals surface area contributed by atoms with Gasteiger partial charge >= 0.3 is 5.97 Å². The van der Waals surface area contributed by atoms with E-state index in [0.29, 0.717) is 0 Å². The SMILES string of the molecule is CC(C)N(C)CC(=O)N(C)CC(=O)N(C)CC(=O)N(C)CC(=O)N(C)CC(=O)O. The molecule has 0 saturated carbocycles. The number of amides is 4. The Morgan fingerprint density at radius 2 is 0.862 bits per heavy atom. The van der Waals surface area contributed by atoms with Crippen LogP contribution in [0.1, 0.15) is 13.8 Å². The molecule has 11 heteroatoms. The molecular formula is C18H33N5O6. The van der Waals surface area contributed by atoms with E-state index >= 15 is 0 Å². The lowest BCUT2D eigenvalue weighted by Gasteiger charge is -2.26. The van der Waals surface area contributed by atoms with Gasteiger partial charge in [0.25, 0.3) is 0 Å². The fourth-order valence-corrected chi connectivity index (χ4v) is 2.04. The van der Waals surface area contributed by atoms with Gasteiger partial charge in [0.1, 0.15) is 6.54 Å². The minimum atomic E-state index is -1.15. The van der Waals surface area contributed by atoms with Crippen molar-refractivity contribution in [2.24, 2.45) is 0 Å². The van der Waals surface area contributed by atoms with Gasteiger partial charge in [-0.1, -0.05) is 0 Å². The molecule has 166 valence electrons. The molecule has 0 aliphatic rings. The Balaban J connectivity index is 4.58. The molecule has 0 saturated heterocycles. The fourth-order valence-electron chi connectivity index (χ4n) is 2.04. The predicted octanol–water partition coefficient (Wildman–Crippen LogP) is -1.76. The third kappa shape index (κ3) is 9.88. The van der Waals surface area contributed by atoms with E-state index < -0.39 is 30.2 Å². The van der Waals surface area contributed by atoms with E-state index in [1.807, 2.05) is 25.8 Å². The summed E-state index contributed by atoms with van der Waals surface area (Å²) in [6.45, 7) is 2.89. The summed E-state index contributed by atoms with van der Waals surface area (Å²) in [5.74, 6) is -2.79. The van der Waals surface area contributed by atoms with Crippen molar-refractivity contribution in [3.63, 3.8) is 0 Å². The first kappa shape index (κ1) is 26.3. The topological polar surface area (TPSA) is 122 Å². The maximum Gasteiger partial charge on any atom is 0.323 e. The number of aliphatic carboxylic acids is 1. The van der Waals surface area contributed by atoms with Gasteiger partial charge in [0.05, 0.1) is 26.2 Å². The minimum Gasteiger partial charge on any atom is -0.480 e. The summed E-state index contributed by atoms with van der Waals surface area (Å²) in [4.78, 5) is 65.7. The molecular weight excluding hydrogens is 382 g/mol. The molecule has 0 radical (unpaired) electrons. The zero-order valence-corrected chi connectivity index (χ0v) is 18.3. The molecule has 0 aliphatic heterocycles. The molecule has 0 fully saturated rings. The quantitative estimate of drug-likeness (QED) is 0.424. The van der Waals surface area contributed by atoms with E-state index in [2.05, 4.69) is 0 Å². The molecule has 0 bridgehead atoms. The monoisotopic (exact) mass is 415 g/mol. The maximum atomic E-state index is 12.3. The first-order valence-electron chi connectivity index (χ1n) is 9.14. The van der Waals surface area contributed by atoms with Crippen molar-refractivity contribution < 1.29 is 29.1 Å². The number of carbonyl (C=O) groups excluding carboxylic acids is 4. The van der Waals surface area contributed by atoms with Crippen LogP contribution < -0.4 is 0 Å². The van der Waals surface area contributed by atoms with Crippen molar-refractivity contribution in [2.75, 3.05) is 68.0 Å². The number of nitrogens with zero attached hydrogens (tertiary/aromatic N) is 5. The largest absolute Gasteiger partial charge is 0.480 e. The Morgan fingerprint density at radius 1 is 0.586 bits per heavy atom. The lowest BCUT2D eigenvalue weighted by atomic mass is 10.3. The van der Waals surface area contributed by atoms with E-state index in [-0.39, 0.29) is 38.1 Å². The molecule has 29 heavy (non-hydrogen) atoms. The highest BCUT2D eigenvalue weighted by Crippen LogP contribution is 1.98. The van der Waals surface area contributed by atoms with Crippen molar-refractivity contribution in [3.8, 4) is 0 Å². The van der Waals surface area contributed by atoms with Crippen LogP contribution in [0, 0.1) is 0 Å². The van der Waals surface area contributed by atoms with E-state index in [0.717, 1.165) is 9.80 Å². The van der Waals surface area contributed by atoms with Crippen LogP contribution in [0.3, 0.4) is 0 Å². The predicted molar refractivity (Wildman–Crippen MR) is 106 cm³/mol. The van der Waals surface area contributed by atoms with Crippen molar-refractivity contribution >= 4 is 29.6 Å². The highest BCUT2D eigenvalue weighted by atomic mass is 16.4. The number of carboxylic acid groups (broad SMARTS) is 1. The standard InChI is InChI=1S/C18H33N5O6/c1-13(2)19(3)8-14(24)20(4)9-15(25)21(5)10-16(26)22(6)11-17(27)23(7)12-18(28)29/h13H,8-12H2,1-7H3,(H,28,29). The van der Waals surface area contributed by atoms with Gasteiger partial charge in [0, 0.05) is 34.2 Å². The van der Waals surface area contributed by atoms with Gasteiger partial charge in [-0.05, 0) is 20.9 Å². The first-order valence-corrected chi connectivity index (χ1v) is 9.14. The van der Waals surface area contributed by atoms with Gasteiger partial charge in [-0.15, -0.1) is 0 Å². The molecule has 0 aliphatic carbocycles. The van der Waals surface area contributed by atoms with Crippen LogP contribution in [0.15, 0.2) is 0 Å². The summed E-state index contributed by atoms with van der Waals surface area (Å²) in [6, 6.07) is 0.191. The third-order valence-corrected chi connectivity index (χ3v) is 4.46. The van der Waals surface area contributed by atoms with Crippen LogP contribution >= 0.6 is 0 Å². The second-order valence-electron chi connectivity index (χ2n) is 7.40. The molecule has 0 unspecified atom stereocenters. The summed E-state index contributed by atoms with van der Waals surface area (Å²) in [5.41, 5.74) is 0. The van der Waals surface area contributed by atoms with Crippen LogP contribution in [0.2, 0.25) is 0 Å². The average molecular weight is 415 g/mol. The van der Waals surface area contributed by atoms with Crippen molar-refractivity contribution in [3.05, 3.63) is 0 Å². The van der Waals surface area contributed by atoms with E-state index in [4.69, 9.17) is 5.11 Å². The number of hydrogen-bond acceptors (Lipinski definition) is 6. The van der Waals surface area contributed by atoms with Gasteiger partial charge in [0.15, 0.2) is 0 Å². The summed E-state index contributed by atoms with van der Waals surface area (Å²) >= 11 is 0. The van der Waals surface area contributed by atoms with Crippen LogP contribution in [-0.4, -0.2) is 133 Å². The van der Waals surface area contributed by atoms with Crippen LogP contribution in [0.5, 0.6) is 0 Å². The van der Waals surface area contributed by atoms with Crippen molar-refractivity contribution in [2.45, 2.75) is 19.9 Å². The lowest BCUT2D eigenvalue weighted by Crippen LogP contribution is -2.47. The zero-order valence-electron chi connectivity index (χ0n) is 18.3. The number of rotatable bonds is 11. The summed E-state index contributed by atoms with van der Waals surface area (Å²) < 4.78 is 0. The molecule has 0 aromatic carbocycles. The number of likely N-dealkylation sites (N-methyl/N-ethyl adjacent to an activating group) is 5. The molecule has 0 rings (SSSR count). The number of carboxylic acids is 1. The second kappa shape index (κ2) is 12.0. The van der Waals surface area contributed by atoms with Crippen molar-refractivity contribution in [1.82, 2.24) is 24.5 Å². The molecule has 0 heterocycles. The van der Waals surface area contributed by atoms with Gasteiger partial charge in [-0.25, -0.2) is 0 Å². The van der Waals surface area contributed by atoms with Gasteiger partial charge < -0.3 is 24.7 Å². The Kier molecular flexibility index (Phi) is 10.9.